The van der Waals surface area contributed by atoms with Crippen molar-refractivity contribution in [1.82, 2.24) is 9.80 Å². The van der Waals surface area contributed by atoms with Crippen LogP contribution in [0.15, 0.2) is 0 Å². The molecule has 0 aromatic heterocycles. The Balaban J connectivity index is 2.92. The van der Waals surface area contributed by atoms with Crippen LogP contribution in [0.4, 0.5) is 4.79 Å². The SMILES string of the molecule is CN1CC(=O)N(C(C)(C)C)C1=O. The van der Waals surface area contributed by atoms with Crippen molar-refractivity contribution >= 4 is 11.9 Å². The van der Waals surface area contributed by atoms with Gasteiger partial charge in [0.15, 0.2) is 0 Å². The summed E-state index contributed by atoms with van der Waals surface area (Å²) in [5.41, 5.74) is -0.404. The zero-order valence-electron chi connectivity index (χ0n) is 7.92. The molecule has 12 heavy (non-hydrogen) atoms. The van der Waals surface area contributed by atoms with Gasteiger partial charge < -0.3 is 4.90 Å². The van der Waals surface area contributed by atoms with Crippen LogP contribution in [-0.2, 0) is 4.79 Å². The molecule has 68 valence electrons. The Hall–Kier alpha value is -1.06. The lowest BCUT2D eigenvalue weighted by atomic mass is 10.1. The molecule has 1 heterocycles. The Bertz CT molecular complexity index is 230. The average molecular weight is 170 g/mol. The number of hydrogen-bond acceptors (Lipinski definition) is 2. The molecule has 0 saturated carbocycles. The molecule has 1 fully saturated rings. The second kappa shape index (κ2) is 2.47. The van der Waals surface area contributed by atoms with Gasteiger partial charge in [-0.25, -0.2) is 4.79 Å². The van der Waals surface area contributed by atoms with Crippen LogP contribution < -0.4 is 0 Å². The van der Waals surface area contributed by atoms with Crippen molar-refractivity contribution in [2.75, 3.05) is 13.6 Å². The predicted octanol–water partition coefficient (Wildman–Crippen LogP) is 0.679. The third-order valence-electron chi connectivity index (χ3n) is 1.81. The van der Waals surface area contributed by atoms with Crippen molar-refractivity contribution < 1.29 is 9.59 Å². The van der Waals surface area contributed by atoms with Gasteiger partial charge in [-0.1, -0.05) is 0 Å². The molecule has 4 nitrogen and oxygen atoms in total. The maximum atomic E-state index is 11.4. The van der Waals surface area contributed by atoms with E-state index in [1.54, 1.807) is 7.05 Å². The molecule has 4 heteroatoms. The fraction of sp³-hybridized carbons (Fsp3) is 0.750. The predicted molar refractivity (Wildman–Crippen MR) is 44.6 cm³/mol. The standard InChI is InChI=1S/C8H14N2O2/c1-8(2,3)10-6(11)5-9(4)7(10)12/h5H2,1-4H3. The molecule has 0 unspecified atom stereocenters. The third-order valence-corrected chi connectivity index (χ3v) is 1.81. The van der Waals surface area contributed by atoms with E-state index >= 15 is 0 Å². The summed E-state index contributed by atoms with van der Waals surface area (Å²) < 4.78 is 0. The fourth-order valence-corrected chi connectivity index (χ4v) is 1.28. The molecular formula is C8H14N2O2. The van der Waals surface area contributed by atoms with Crippen LogP contribution in [0.3, 0.4) is 0 Å². The fourth-order valence-electron chi connectivity index (χ4n) is 1.28. The molecule has 0 spiro atoms. The van der Waals surface area contributed by atoms with Crippen LogP contribution in [0.5, 0.6) is 0 Å². The molecule has 1 rings (SSSR count). The van der Waals surface area contributed by atoms with Crippen LogP contribution >= 0.6 is 0 Å². The van der Waals surface area contributed by atoms with E-state index < -0.39 is 5.54 Å². The van der Waals surface area contributed by atoms with E-state index in [-0.39, 0.29) is 18.5 Å². The number of hydrogen-bond donors (Lipinski definition) is 0. The second-order valence-corrected chi connectivity index (χ2v) is 4.04. The van der Waals surface area contributed by atoms with Crippen LogP contribution in [0, 0.1) is 0 Å². The van der Waals surface area contributed by atoms with Crippen molar-refractivity contribution in [1.29, 1.82) is 0 Å². The number of imide groups is 1. The first-order chi connectivity index (χ1) is 5.34. The van der Waals surface area contributed by atoms with Gasteiger partial charge in [0.25, 0.3) is 5.91 Å². The van der Waals surface area contributed by atoms with E-state index in [1.807, 2.05) is 20.8 Å². The molecule has 0 N–H and O–H groups in total. The smallest absolute Gasteiger partial charge is 0.318 e. The Kier molecular flexibility index (Phi) is 1.86. The summed E-state index contributed by atoms with van der Waals surface area (Å²) in [5, 5.41) is 0. The van der Waals surface area contributed by atoms with Crippen LogP contribution in [0.1, 0.15) is 20.8 Å². The van der Waals surface area contributed by atoms with Crippen molar-refractivity contribution in [2.45, 2.75) is 26.3 Å². The van der Waals surface area contributed by atoms with Crippen molar-refractivity contribution in [2.24, 2.45) is 0 Å². The molecule has 1 saturated heterocycles. The van der Waals surface area contributed by atoms with Crippen LogP contribution in [-0.4, -0.2) is 40.9 Å². The minimum absolute atomic E-state index is 0.116. The first kappa shape index (κ1) is 9.03. The van der Waals surface area contributed by atoms with Crippen LogP contribution in [0.2, 0.25) is 0 Å². The van der Waals surface area contributed by atoms with E-state index in [4.69, 9.17) is 0 Å². The number of amides is 3. The van der Waals surface area contributed by atoms with Crippen LogP contribution in [0.25, 0.3) is 0 Å². The highest BCUT2D eigenvalue weighted by Crippen LogP contribution is 2.20. The normalized spacial score (nSPS) is 19.3. The highest BCUT2D eigenvalue weighted by Gasteiger charge is 2.40. The van der Waals surface area contributed by atoms with E-state index in [1.165, 1.54) is 9.80 Å². The highest BCUT2D eigenvalue weighted by molar-refractivity contribution is 6.02. The molecule has 3 amide bonds. The van der Waals surface area contributed by atoms with E-state index in [0.717, 1.165) is 0 Å². The minimum atomic E-state index is -0.404. The molecule has 0 radical (unpaired) electrons. The maximum Gasteiger partial charge on any atom is 0.327 e. The molecule has 1 aliphatic rings. The molecule has 0 bridgehead atoms. The number of carbonyl (C=O) groups excluding carboxylic acids is 2. The van der Waals surface area contributed by atoms with E-state index in [2.05, 4.69) is 0 Å². The van der Waals surface area contributed by atoms with E-state index in [0.29, 0.717) is 0 Å². The monoisotopic (exact) mass is 170 g/mol. The summed E-state index contributed by atoms with van der Waals surface area (Å²) >= 11 is 0. The third kappa shape index (κ3) is 1.29. The second-order valence-electron chi connectivity index (χ2n) is 4.04. The van der Waals surface area contributed by atoms with Crippen molar-refractivity contribution in [3.8, 4) is 0 Å². The lowest BCUT2D eigenvalue weighted by Crippen LogP contribution is -2.45. The number of likely N-dealkylation sites (N-methyl/N-ethyl adjacent to an activating group) is 1. The quantitative estimate of drug-likeness (QED) is 0.501. The topological polar surface area (TPSA) is 40.6 Å². The van der Waals surface area contributed by atoms with Gasteiger partial charge in [0.1, 0.15) is 6.54 Å². The Morgan fingerprint density at radius 1 is 1.25 bits per heavy atom. The van der Waals surface area contributed by atoms with Crippen molar-refractivity contribution in [3.63, 3.8) is 0 Å². The van der Waals surface area contributed by atoms with Gasteiger partial charge in [0, 0.05) is 12.6 Å². The average Bonchev–Trinajstić information content (AvgIpc) is 2.05. The Labute approximate surface area is 72.1 Å². The molecule has 0 atom stereocenters. The van der Waals surface area contributed by atoms with Gasteiger partial charge in [-0.2, -0.15) is 0 Å². The summed E-state index contributed by atoms with van der Waals surface area (Å²) in [4.78, 5) is 25.4. The Morgan fingerprint density at radius 3 is 1.92 bits per heavy atom. The molecule has 0 aromatic carbocycles. The summed E-state index contributed by atoms with van der Waals surface area (Å²) in [6.45, 7) is 5.75. The lowest BCUT2D eigenvalue weighted by molar-refractivity contribution is -0.128. The zero-order valence-corrected chi connectivity index (χ0v) is 7.92. The molecule has 0 aliphatic carbocycles. The first-order valence-corrected chi connectivity index (χ1v) is 3.92. The largest absolute Gasteiger partial charge is 0.327 e. The lowest BCUT2D eigenvalue weighted by Gasteiger charge is -2.28. The van der Waals surface area contributed by atoms with Gasteiger partial charge >= 0.3 is 6.03 Å². The highest BCUT2D eigenvalue weighted by atomic mass is 16.2. The maximum absolute atomic E-state index is 11.4. The van der Waals surface area contributed by atoms with Gasteiger partial charge in [0.05, 0.1) is 0 Å². The summed E-state index contributed by atoms with van der Waals surface area (Å²) in [6, 6.07) is -0.201. The van der Waals surface area contributed by atoms with Crippen molar-refractivity contribution in [3.05, 3.63) is 0 Å². The number of rotatable bonds is 0. The summed E-state index contributed by atoms with van der Waals surface area (Å²) in [5.74, 6) is -0.116. The van der Waals surface area contributed by atoms with Gasteiger partial charge in [-0.15, -0.1) is 0 Å². The number of urea groups is 1. The first-order valence-electron chi connectivity index (χ1n) is 3.92. The van der Waals surface area contributed by atoms with Gasteiger partial charge in [0.2, 0.25) is 0 Å². The minimum Gasteiger partial charge on any atom is -0.318 e. The number of carbonyl (C=O) groups is 2. The van der Waals surface area contributed by atoms with E-state index in [9.17, 15) is 9.59 Å². The summed E-state index contributed by atoms with van der Waals surface area (Å²) in [6.07, 6.45) is 0. The zero-order chi connectivity index (χ0) is 9.52. The number of nitrogens with zero attached hydrogens (tertiary/aromatic N) is 2. The van der Waals surface area contributed by atoms with Gasteiger partial charge in [-0.3, -0.25) is 9.69 Å². The Morgan fingerprint density at radius 2 is 1.75 bits per heavy atom. The molecule has 0 aromatic rings. The molecular weight excluding hydrogens is 156 g/mol. The summed E-state index contributed by atoms with van der Waals surface area (Å²) in [7, 11) is 1.63. The molecule has 1 aliphatic heterocycles. The van der Waals surface area contributed by atoms with Gasteiger partial charge in [-0.05, 0) is 20.8 Å².